The van der Waals surface area contributed by atoms with E-state index in [9.17, 15) is 4.79 Å². The fourth-order valence-electron chi connectivity index (χ4n) is 1.35. The molecule has 1 amide bonds. The molecule has 1 fully saturated rings. The first-order valence-corrected chi connectivity index (χ1v) is 4.18. The molecule has 0 aromatic carbocycles. The normalized spacial score (nSPS) is 26.9. The fourth-order valence-corrected chi connectivity index (χ4v) is 1.35. The average Bonchev–Trinajstić information content (AvgIpc) is 2.15. The van der Waals surface area contributed by atoms with Gasteiger partial charge in [0, 0.05) is 20.1 Å². The molecule has 1 saturated heterocycles. The van der Waals surface area contributed by atoms with Gasteiger partial charge in [-0.05, 0) is 5.92 Å². The van der Waals surface area contributed by atoms with Crippen molar-refractivity contribution in [2.24, 2.45) is 5.92 Å². The Bertz CT molecular complexity index is 147. The summed E-state index contributed by atoms with van der Waals surface area (Å²) in [6.45, 7) is 4.55. The van der Waals surface area contributed by atoms with Crippen molar-refractivity contribution in [1.29, 1.82) is 0 Å². The number of carbonyl (C=O) groups is 1. The lowest BCUT2D eigenvalue weighted by Crippen LogP contribution is -2.31. The first-order chi connectivity index (χ1) is 5.24. The van der Waals surface area contributed by atoms with Crippen molar-refractivity contribution in [3.05, 3.63) is 0 Å². The van der Waals surface area contributed by atoms with Gasteiger partial charge < -0.3 is 10.2 Å². The molecule has 0 aromatic rings. The van der Waals surface area contributed by atoms with Gasteiger partial charge >= 0.3 is 0 Å². The number of hydrogen-bond donors (Lipinski definition) is 1. The zero-order valence-corrected chi connectivity index (χ0v) is 7.26. The third-order valence-corrected chi connectivity index (χ3v) is 2.24. The van der Waals surface area contributed by atoms with Gasteiger partial charge in [-0.2, -0.15) is 0 Å². The molecule has 1 N–H and O–H groups in total. The van der Waals surface area contributed by atoms with Crippen LogP contribution in [-0.2, 0) is 4.79 Å². The van der Waals surface area contributed by atoms with Gasteiger partial charge in [0.25, 0.3) is 0 Å². The maximum atomic E-state index is 11.1. The summed E-state index contributed by atoms with van der Waals surface area (Å²) in [4.78, 5) is 13.0. The van der Waals surface area contributed by atoms with Gasteiger partial charge in [-0.3, -0.25) is 4.79 Å². The van der Waals surface area contributed by atoms with Crippen molar-refractivity contribution in [1.82, 2.24) is 10.2 Å². The van der Waals surface area contributed by atoms with Crippen LogP contribution in [0.5, 0.6) is 0 Å². The molecule has 0 aromatic heterocycles. The predicted molar refractivity (Wildman–Crippen MR) is 44.3 cm³/mol. The third kappa shape index (κ3) is 2.19. The highest BCUT2D eigenvalue weighted by atomic mass is 16.2. The molecule has 0 aliphatic carbocycles. The molecule has 0 bridgehead atoms. The molecule has 1 unspecified atom stereocenters. The van der Waals surface area contributed by atoms with Crippen LogP contribution in [0.15, 0.2) is 0 Å². The number of nitrogens with one attached hydrogen (secondary N) is 1. The second kappa shape index (κ2) is 3.72. The van der Waals surface area contributed by atoms with E-state index >= 15 is 0 Å². The Kier molecular flexibility index (Phi) is 2.88. The van der Waals surface area contributed by atoms with Crippen LogP contribution < -0.4 is 5.32 Å². The Hall–Kier alpha value is -0.570. The number of hydrogen-bond acceptors (Lipinski definition) is 2. The molecule has 1 heterocycles. The number of carbonyl (C=O) groups excluding carboxylic acids is 1. The molecule has 1 rings (SSSR count). The molecular formula is C8H16N2O. The van der Waals surface area contributed by atoms with Crippen LogP contribution >= 0.6 is 0 Å². The van der Waals surface area contributed by atoms with Gasteiger partial charge in [-0.1, -0.05) is 13.3 Å². The summed E-state index contributed by atoms with van der Waals surface area (Å²) in [5.41, 5.74) is 0. The van der Waals surface area contributed by atoms with Gasteiger partial charge in [-0.25, -0.2) is 0 Å². The SMILES string of the molecule is CCC1CNCC(=O)N(C)C1. The van der Waals surface area contributed by atoms with Crippen LogP contribution in [0.2, 0.25) is 0 Å². The van der Waals surface area contributed by atoms with Crippen LogP contribution in [0.25, 0.3) is 0 Å². The van der Waals surface area contributed by atoms with E-state index in [4.69, 9.17) is 0 Å². The fraction of sp³-hybridized carbons (Fsp3) is 0.875. The summed E-state index contributed by atoms with van der Waals surface area (Å²) >= 11 is 0. The van der Waals surface area contributed by atoms with Crippen LogP contribution in [0.1, 0.15) is 13.3 Å². The molecule has 64 valence electrons. The predicted octanol–water partition coefficient (Wildman–Crippen LogP) is 0.0742. The summed E-state index contributed by atoms with van der Waals surface area (Å²) in [5, 5.41) is 3.14. The van der Waals surface area contributed by atoms with Crippen LogP contribution in [0, 0.1) is 5.92 Å². The van der Waals surface area contributed by atoms with Gasteiger partial charge in [-0.15, -0.1) is 0 Å². The van der Waals surface area contributed by atoms with E-state index in [1.807, 2.05) is 11.9 Å². The highest BCUT2D eigenvalue weighted by Crippen LogP contribution is 2.05. The quantitative estimate of drug-likeness (QED) is 0.583. The van der Waals surface area contributed by atoms with Crippen LogP contribution in [0.3, 0.4) is 0 Å². The van der Waals surface area contributed by atoms with Gasteiger partial charge in [0.05, 0.1) is 6.54 Å². The molecule has 1 aliphatic heterocycles. The smallest absolute Gasteiger partial charge is 0.236 e. The zero-order valence-electron chi connectivity index (χ0n) is 7.26. The van der Waals surface area contributed by atoms with Crippen molar-refractivity contribution in [3.8, 4) is 0 Å². The molecule has 1 aliphatic rings. The van der Waals surface area contributed by atoms with Crippen LogP contribution in [-0.4, -0.2) is 37.5 Å². The minimum atomic E-state index is 0.209. The minimum Gasteiger partial charge on any atom is -0.344 e. The largest absolute Gasteiger partial charge is 0.344 e. The zero-order chi connectivity index (χ0) is 8.27. The molecular weight excluding hydrogens is 140 g/mol. The van der Waals surface area contributed by atoms with E-state index in [1.165, 1.54) is 0 Å². The number of rotatable bonds is 1. The van der Waals surface area contributed by atoms with E-state index in [0.29, 0.717) is 12.5 Å². The van der Waals surface area contributed by atoms with Gasteiger partial charge in [0.2, 0.25) is 5.91 Å². The first kappa shape index (κ1) is 8.53. The lowest BCUT2D eigenvalue weighted by Gasteiger charge is -2.17. The van der Waals surface area contributed by atoms with E-state index in [0.717, 1.165) is 19.5 Å². The van der Waals surface area contributed by atoms with Gasteiger partial charge in [0.1, 0.15) is 0 Å². The Labute approximate surface area is 67.8 Å². The van der Waals surface area contributed by atoms with Crippen molar-refractivity contribution >= 4 is 5.91 Å². The highest BCUT2D eigenvalue weighted by Gasteiger charge is 2.17. The molecule has 3 heteroatoms. The number of nitrogens with zero attached hydrogens (tertiary/aromatic N) is 1. The van der Waals surface area contributed by atoms with E-state index < -0.39 is 0 Å². The monoisotopic (exact) mass is 156 g/mol. The Morgan fingerprint density at radius 3 is 3.09 bits per heavy atom. The summed E-state index contributed by atoms with van der Waals surface area (Å²) < 4.78 is 0. The molecule has 11 heavy (non-hydrogen) atoms. The topological polar surface area (TPSA) is 32.3 Å². The first-order valence-electron chi connectivity index (χ1n) is 4.18. The second-order valence-electron chi connectivity index (χ2n) is 3.18. The molecule has 0 radical (unpaired) electrons. The van der Waals surface area contributed by atoms with E-state index in [2.05, 4.69) is 12.2 Å². The molecule has 3 nitrogen and oxygen atoms in total. The lowest BCUT2D eigenvalue weighted by molar-refractivity contribution is -0.128. The lowest BCUT2D eigenvalue weighted by atomic mass is 10.1. The summed E-state index contributed by atoms with van der Waals surface area (Å²) in [6.07, 6.45) is 1.14. The Morgan fingerprint density at radius 1 is 1.73 bits per heavy atom. The molecule has 0 saturated carbocycles. The van der Waals surface area contributed by atoms with Crippen molar-refractivity contribution in [2.45, 2.75) is 13.3 Å². The van der Waals surface area contributed by atoms with Gasteiger partial charge in [0.15, 0.2) is 0 Å². The van der Waals surface area contributed by atoms with E-state index in [-0.39, 0.29) is 5.91 Å². The minimum absolute atomic E-state index is 0.209. The van der Waals surface area contributed by atoms with Crippen molar-refractivity contribution < 1.29 is 4.79 Å². The summed E-state index contributed by atoms with van der Waals surface area (Å²) in [6, 6.07) is 0. The summed E-state index contributed by atoms with van der Waals surface area (Å²) in [7, 11) is 1.87. The Balaban J connectivity index is 2.48. The Morgan fingerprint density at radius 2 is 2.45 bits per heavy atom. The third-order valence-electron chi connectivity index (χ3n) is 2.24. The highest BCUT2D eigenvalue weighted by molar-refractivity contribution is 5.78. The second-order valence-corrected chi connectivity index (χ2v) is 3.18. The van der Waals surface area contributed by atoms with E-state index in [1.54, 1.807) is 0 Å². The van der Waals surface area contributed by atoms with Crippen molar-refractivity contribution in [3.63, 3.8) is 0 Å². The molecule has 1 atom stereocenters. The average molecular weight is 156 g/mol. The summed E-state index contributed by atoms with van der Waals surface area (Å²) in [5.74, 6) is 0.840. The number of amides is 1. The van der Waals surface area contributed by atoms with Crippen LogP contribution in [0.4, 0.5) is 0 Å². The molecule has 0 spiro atoms. The van der Waals surface area contributed by atoms with Crippen molar-refractivity contribution in [2.75, 3.05) is 26.7 Å². The maximum Gasteiger partial charge on any atom is 0.236 e. The maximum absolute atomic E-state index is 11.1. The standard InChI is InChI=1S/C8H16N2O/c1-3-7-4-9-5-8(11)10(2)6-7/h7,9H,3-6H2,1-2H3. The number of likely N-dealkylation sites (N-methyl/N-ethyl adjacent to an activating group) is 1.